The van der Waals surface area contributed by atoms with Crippen LogP contribution in [0.5, 0.6) is 0 Å². The zero-order valence-electron chi connectivity index (χ0n) is 6.97. The lowest BCUT2D eigenvalue weighted by atomic mass is 10.4. The van der Waals surface area contributed by atoms with Gasteiger partial charge in [0.05, 0.1) is 12.5 Å². The molecule has 1 N–H and O–H groups in total. The van der Waals surface area contributed by atoms with Gasteiger partial charge in [-0.15, -0.1) is 0 Å². The van der Waals surface area contributed by atoms with Gasteiger partial charge in [0.15, 0.2) is 5.82 Å². The summed E-state index contributed by atoms with van der Waals surface area (Å²) in [5.74, 6) is 0.723. The minimum atomic E-state index is -0.730. The fraction of sp³-hybridized carbons (Fsp3) is 0.429. The van der Waals surface area contributed by atoms with Crippen LogP contribution >= 0.6 is 0 Å². The quantitative estimate of drug-likeness (QED) is 0.601. The zero-order valence-corrected chi connectivity index (χ0v) is 6.97. The van der Waals surface area contributed by atoms with Crippen molar-refractivity contribution in [3.63, 3.8) is 0 Å². The van der Waals surface area contributed by atoms with Crippen LogP contribution in [0.3, 0.4) is 0 Å². The third-order valence-electron chi connectivity index (χ3n) is 1.89. The van der Waals surface area contributed by atoms with Crippen LogP contribution in [0.4, 0.5) is 5.82 Å². The Morgan fingerprint density at radius 3 is 3.08 bits per heavy atom. The highest BCUT2D eigenvalue weighted by Gasteiger charge is 2.20. The van der Waals surface area contributed by atoms with Gasteiger partial charge in [-0.2, -0.15) is 9.78 Å². The molecule has 5 nitrogen and oxygen atoms in total. The Morgan fingerprint density at radius 1 is 1.58 bits per heavy atom. The molecule has 0 fully saturated rings. The molecule has 2 heterocycles. The minimum Gasteiger partial charge on any atom is -0.355 e. The van der Waals surface area contributed by atoms with Crippen LogP contribution in [0.15, 0.2) is 11.2 Å². The summed E-state index contributed by atoms with van der Waals surface area (Å²) >= 11 is 0. The second-order valence-electron chi connectivity index (χ2n) is 2.85. The lowest BCUT2D eigenvalue weighted by Gasteiger charge is -2.25. The first kappa shape index (κ1) is 7.30. The van der Waals surface area contributed by atoms with Crippen LogP contribution < -0.4 is 0 Å². The van der Waals surface area contributed by atoms with Gasteiger partial charge in [-0.3, -0.25) is 0 Å². The molecule has 1 aliphatic heterocycles. The topological polar surface area (TPSA) is 53.7 Å². The van der Waals surface area contributed by atoms with E-state index >= 15 is 0 Å². The van der Waals surface area contributed by atoms with Gasteiger partial charge in [-0.05, 0) is 6.92 Å². The molecular weight excluding hydrogens is 156 g/mol. The fourth-order valence-electron chi connectivity index (χ4n) is 1.15. The smallest absolute Gasteiger partial charge is 0.229 e. The lowest BCUT2D eigenvalue weighted by molar-refractivity contribution is -0.00703. The Morgan fingerprint density at radius 2 is 2.33 bits per heavy atom. The van der Waals surface area contributed by atoms with E-state index in [2.05, 4.69) is 10.1 Å². The monoisotopic (exact) mass is 166 g/mol. The van der Waals surface area contributed by atoms with Gasteiger partial charge in [-0.1, -0.05) is 0 Å². The van der Waals surface area contributed by atoms with Crippen molar-refractivity contribution in [3.8, 4) is 0 Å². The van der Waals surface area contributed by atoms with E-state index in [9.17, 15) is 5.11 Å². The zero-order chi connectivity index (χ0) is 8.72. The molecule has 1 aromatic heterocycles. The van der Waals surface area contributed by atoms with Crippen LogP contribution in [0.1, 0.15) is 11.9 Å². The summed E-state index contributed by atoms with van der Waals surface area (Å²) < 4.78 is 1.48. The molecule has 0 aromatic carbocycles. The number of rotatable bonds is 0. The first-order valence-electron chi connectivity index (χ1n) is 3.68. The molecular formula is C7H10N4O. The molecule has 2 rings (SSSR count). The van der Waals surface area contributed by atoms with E-state index in [0.29, 0.717) is 0 Å². The Kier molecular flexibility index (Phi) is 1.41. The molecule has 12 heavy (non-hydrogen) atoms. The van der Waals surface area contributed by atoms with Gasteiger partial charge in [0.25, 0.3) is 0 Å². The number of hydrogen-bond donors (Lipinski definition) is 1. The molecule has 0 radical (unpaired) electrons. The maximum atomic E-state index is 9.58. The highest BCUT2D eigenvalue weighted by molar-refractivity contribution is 5.62. The second kappa shape index (κ2) is 2.31. The van der Waals surface area contributed by atoms with E-state index < -0.39 is 6.35 Å². The Bertz CT molecular complexity index is 330. The SMILES string of the molecule is Cc1cnn2c1N=CN(C)C2O. The first-order valence-corrected chi connectivity index (χ1v) is 3.68. The predicted molar refractivity (Wildman–Crippen MR) is 44.1 cm³/mol. The first-order chi connectivity index (χ1) is 5.70. The molecule has 0 bridgehead atoms. The molecule has 0 spiro atoms. The summed E-state index contributed by atoms with van der Waals surface area (Å²) in [6, 6.07) is 0. The van der Waals surface area contributed by atoms with Gasteiger partial charge in [0, 0.05) is 12.6 Å². The van der Waals surface area contributed by atoms with Crippen LogP contribution in [-0.2, 0) is 0 Å². The average Bonchev–Trinajstić information content (AvgIpc) is 2.41. The molecule has 1 atom stereocenters. The summed E-state index contributed by atoms with van der Waals surface area (Å²) in [6.45, 7) is 1.91. The average molecular weight is 166 g/mol. The summed E-state index contributed by atoms with van der Waals surface area (Å²) in [7, 11) is 1.74. The molecule has 0 amide bonds. The third kappa shape index (κ3) is 0.831. The van der Waals surface area contributed by atoms with Crippen molar-refractivity contribution < 1.29 is 5.11 Å². The van der Waals surface area contributed by atoms with E-state index in [-0.39, 0.29) is 0 Å². The number of aromatic nitrogens is 2. The maximum Gasteiger partial charge on any atom is 0.229 e. The van der Waals surface area contributed by atoms with Crippen LogP contribution in [0.25, 0.3) is 0 Å². The van der Waals surface area contributed by atoms with Crippen molar-refractivity contribution in [2.24, 2.45) is 4.99 Å². The number of fused-ring (bicyclic) bond motifs is 1. The predicted octanol–water partition coefficient (Wildman–Crippen LogP) is 0.245. The number of aryl methyl sites for hydroxylation is 1. The Labute approximate surface area is 69.9 Å². The second-order valence-corrected chi connectivity index (χ2v) is 2.85. The summed E-state index contributed by atoms with van der Waals surface area (Å²) in [6.07, 6.45) is 2.55. The Hall–Kier alpha value is -1.36. The maximum absolute atomic E-state index is 9.58. The molecule has 0 saturated carbocycles. The summed E-state index contributed by atoms with van der Waals surface area (Å²) in [5, 5.41) is 13.6. The summed E-state index contributed by atoms with van der Waals surface area (Å²) in [5.41, 5.74) is 0.971. The van der Waals surface area contributed by atoms with Crippen molar-refractivity contribution in [1.82, 2.24) is 14.7 Å². The molecule has 0 saturated heterocycles. The van der Waals surface area contributed by atoms with E-state index in [1.807, 2.05) is 6.92 Å². The minimum absolute atomic E-state index is 0.723. The largest absolute Gasteiger partial charge is 0.355 e. The Balaban J connectivity index is 2.53. The van der Waals surface area contributed by atoms with Crippen molar-refractivity contribution in [2.75, 3.05) is 7.05 Å². The fourth-order valence-corrected chi connectivity index (χ4v) is 1.15. The van der Waals surface area contributed by atoms with E-state index in [1.54, 1.807) is 24.5 Å². The summed E-state index contributed by atoms with van der Waals surface area (Å²) in [4.78, 5) is 5.71. The number of aliphatic imine (C=N–C) groups is 1. The van der Waals surface area contributed by atoms with E-state index in [0.717, 1.165) is 11.4 Å². The normalized spacial score (nSPS) is 21.2. The molecule has 5 heteroatoms. The van der Waals surface area contributed by atoms with Gasteiger partial charge in [-0.25, -0.2) is 4.99 Å². The number of aliphatic hydroxyl groups is 1. The number of aliphatic hydroxyl groups excluding tert-OH is 1. The third-order valence-corrected chi connectivity index (χ3v) is 1.89. The van der Waals surface area contributed by atoms with Crippen LogP contribution in [0, 0.1) is 6.92 Å². The molecule has 0 aliphatic carbocycles. The van der Waals surface area contributed by atoms with Crippen LogP contribution in [0.2, 0.25) is 0 Å². The highest BCUT2D eigenvalue weighted by atomic mass is 16.3. The highest BCUT2D eigenvalue weighted by Crippen LogP contribution is 2.24. The number of nitrogens with zero attached hydrogens (tertiary/aromatic N) is 4. The van der Waals surface area contributed by atoms with Gasteiger partial charge in [0.2, 0.25) is 6.35 Å². The van der Waals surface area contributed by atoms with Crippen molar-refractivity contribution in [1.29, 1.82) is 0 Å². The molecule has 1 unspecified atom stereocenters. The standard InChI is InChI=1S/C7H10N4O/c1-5-3-9-11-6(5)8-4-10(2)7(11)12/h3-4,7,12H,1-2H3. The van der Waals surface area contributed by atoms with Crippen LogP contribution in [-0.4, -0.2) is 33.2 Å². The molecule has 64 valence electrons. The lowest BCUT2D eigenvalue weighted by Crippen LogP contribution is -2.31. The van der Waals surface area contributed by atoms with Gasteiger partial charge < -0.3 is 10.0 Å². The number of hydrogen-bond acceptors (Lipinski definition) is 4. The van der Waals surface area contributed by atoms with E-state index in [4.69, 9.17) is 0 Å². The van der Waals surface area contributed by atoms with Crippen molar-refractivity contribution in [3.05, 3.63) is 11.8 Å². The van der Waals surface area contributed by atoms with Crippen molar-refractivity contribution in [2.45, 2.75) is 13.3 Å². The van der Waals surface area contributed by atoms with E-state index in [1.165, 1.54) is 4.68 Å². The van der Waals surface area contributed by atoms with Crippen molar-refractivity contribution >= 4 is 12.2 Å². The molecule has 1 aliphatic rings. The van der Waals surface area contributed by atoms with Gasteiger partial charge >= 0.3 is 0 Å². The van der Waals surface area contributed by atoms with Gasteiger partial charge in [0.1, 0.15) is 0 Å². The molecule has 1 aromatic rings.